The molecule has 0 saturated carbocycles. The maximum atomic E-state index is 11.9. The Hall–Kier alpha value is -0.580. The SMILES string of the molecule is CCC(C(=O)O)S(=O)Cc1ccc(Cl)cc1Cl. The van der Waals surface area contributed by atoms with Gasteiger partial charge in [-0.25, -0.2) is 0 Å². The van der Waals surface area contributed by atoms with Gasteiger partial charge in [0.05, 0.1) is 5.75 Å². The van der Waals surface area contributed by atoms with Crippen LogP contribution in [-0.4, -0.2) is 20.5 Å². The monoisotopic (exact) mass is 294 g/mol. The van der Waals surface area contributed by atoms with Gasteiger partial charge in [0.1, 0.15) is 5.25 Å². The minimum atomic E-state index is -1.48. The van der Waals surface area contributed by atoms with Gasteiger partial charge in [-0.15, -0.1) is 0 Å². The van der Waals surface area contributed by atoms with Crippen LogP contribution in [-0.2, 0) is 21.3 Å². The molecule has 0 fully saturated rings. The highest BCUT2D eigenvalue weighted by atomic mass is 35.5. The molecule has 1 rings (SSSR count). The second-order valence-electron chi connectivity index (χ2n) is 3.50. The van der Waals surface area contributed by atoms with E-state index < -0.39 is 22.0 Å². The van der Waals surface area contributed by atoms with Crippen LogP contribution in [0.15, 0.2) is 18.2 Å². The molecule has 2 unspecified atom stereocenters. The zero-order valence-corrected chi connectivity index (χ0v) is 11.5. The molecule has 17 heavy (non-hydrogen) atoms. The van der Waals surface area contributed by atoms with Gasteiger partial charge in [0.25, 0.3) is 0 Å². The molecule has 0 amide bonds. The van der Waals surface area contributed by atoms with Crippen molar-refractivity contribution in [2.24, 2.45) is 0 Å². The molecule has 0 bridgehead atoms. The number of hydrogen-bond acceptors (Lipinski definition) is 2. The summed E-state index contributed by atoms with van der Waals surface area (Å²) in [5.41, 5.74) is 0.647. The first-order valence-corrected chi connectivity index (χ1v) is 7.13. The van der Waals surface area contributed by atoms with Crippen molar-refractivity contribution in [3.63, 3.8) is 0 Å². The quantitative estimate of drug-likeness (QED) is 0.908. The van der Waals surface area contributed by atoms with Gasteiger partial charge < -0.3 is 5.11 Å². The Labute approximate surface area is 112 Å². The highest BCUT2D eigenvalue weighted by Gasteiger charge is 2.23. The van der Waals surface area contributed by atoms with Crippen LogP contribution < -0.4 is 0 Å². The van der Waals surface area contributed by atoms with E-state index in [0.29, 0.717) is 22.0 Å². The third-order valence-electron chi connectivity index (χ3n) is 2.28. The molecule has 0 heterocycles. The zero-order valence-electron chi connectivity index (χ0n) is 9.15. The standard InChI is InChI=1S/C11H12Cl2O3S/c1-2-10(11(14)15)17(16)6-7-3-4-8(12)5-9(7)13/h3-5,10H,2,6H2,1H3,(H,14,15). The van der Waals surface area contributed by atoms with Gasteiger partial charge in [-0.1, -0.05) is 36.2 Å². The lowest BCUT2D eigenvalue weighted by Crippen LogP contribution is -2.25. The van der Waals surface area contributed by atoms with Gasteiger partial charge in [0.15, 0.2) is 0 Å². The van der Waals surface area contributed by atoms with Crippen molar-refractivity contribution in [2.75, 3.05) is 0 Å². The Morgan fingerprint density at radius 2 is 2.12 bits per heavy atom. The molecule has 0 aliphatic heterocycles. The van der Waals surface area contributed by atoms with Crippen molar-refractivity contribution < 1.29 is 14.1 Å². The predicted molar refractivity (Wildman–Crippen MR) is 70.0 cm³/mol. The van der Waals surface area contributed by atoms with Crippen molar-refractivity contribution in [2.45, 2.75) is 24.3 Å². The molecule has 0 aliphatic carbocycles. The van der Waals surface area contributed by atoms with Crippen molar-refractivity contribution in [3.8, 4) is 0 Å². The van der Waals surface area contributed by atoms with Gasteiger partial charge in [-0.2, -0.15) is 0 Å². The molecule has 0 aliphatic rings. The first-order chi connectivity index (χ1) is 7.95. The fourth-order valence-corrected chi connectivity index (χ4v) is 3.28. The van der Waals surface area contributed by atoms with E-state index in [1.165, 1.54) is 0 Å². The second-order valence-corrected chi connectivity index (χ2v) is 5.96. The number of carbonyl (C=O) groups is 1. The maximum Gasteiger partial charge on any atom is 0.319 e. The molecule has 0 spiro atoms. The zero-order chi connectivity index (χ0) is 13.0. The van der Waals surface area contributed by atoms with E-state index in [1.54, 1.807) is 25.1 Å². The Morgan fingerprint density at radius 1 is 1.47 bits per heavy atom. The highest BCUT2D eigenvalue weighted by molar-refractivity contribution is 7.85. The number of carboxylic acids is 1. The summed E-state index contributed by atoms with van der Waals surface area (Å²) in [7, 11) is -1.48. The predicted octanol–water partition coefficient (Wildman–Crippen LogP) is 3.11. The number of carboxylic acid groups (broad SMARTS) is 1. The first-order valence-electron chi connectivity index (χ1n) is 4.99. The Bertz CT molecular complexity index is 448. The highest BCUT2D eigenvalue weighted by Crippen LogP contribution is 2.23. The van der Waals surface area contributed by atoms with Crippen molar-refractivity contribution in [3.05, 3.63) is 33.8 Å². The van der Waals surface area contributed by atoms with Gasteiger partial charge >= 0.3 is 5.97 Å². The molecule has 1 aromatic carbocycles. The number of rotatable bonds is 5. The minimum Gasteiger partial charge on any atom is -0.480 e. The molecule has 94 valence electrons. The van der Waals surface area contributed by atoms with Crippen LogP contribution in [0.25, 0.3) is 0 Å². The summed E-state index contributed by atoms with van der Waals surface area (Å²) >= 11 is 11.7. The van der Waals surface area contributed by atoms with E-state index in [9.17, 15) is 9.00 Å². The van der Waals surface area contributed by atoms with Crippen molar-refractivity contribution in [1.29, 1.82) is 0 Å². The van der Waals surface area contributed by atoms with Gasteiger partial charge in [0, 0.05) is 20.8 Å². The molecule has 0 radical (unpaired) electrons. The smallest absolute Gasteiger partial charge is 0.319 e. The normalized spacial score (nSPS) is 14.3. The number of aliphatic carboxylic acids is 1. The largest absolute Gasteiger partial charge is 0.480 e. The van der Waals surface area contributed by atoms with Crippen LogP contribution in [0.1, 0.15) is 18.9 Å². The fraction of sp³-hybridized carbons (Fsp3) is 0.364. The molecule has 6 heteroatoms. The number of halogens is 2. The molecule has 2 atom stereocenters. The topological polar surface area (TPSA) is 54.4 Å². The Kier molecular flexibility index (Phi) is 5.43. The lowest BCUT2D eigenvalue weighted by molar-refractivity contribution is -0.136. The van der Waals surface area contributed by atoms with E-state index >= 15 is 0 Å². The summed E-state index contributed by atoms with van der Waals surface area (Å²) in [5.74, 6) is -0.920. The van der Waals surface area contributed by atoms with Crippen molar-refractivity contribution >= 4 is 40.0 Å². The lowest BCUT2D eigenvalue weighted by atomic mass is 10.2. The summed E-state index contributed by atoms with van der Waals surface area (Å²) in [6.45, 7) is 1.69. The van der Waals surface area contributed by atoms with Gasteiger partial charge in [-0.3, -0.25) is 9.00 Å². The minimum absolute atomic E-state index is 0.126. The van der Waals surface area contributed by atoms with E-state index in [4.69, 9.17) is 28.3 Å². The Balaban J connectivity index is 2.84. The summed E-state index contributed by atoms with van der Waals surface area (Å²) in [5, 5.41) is 8.93. The second kappa shape index (κ2) is 6.38. The molecule has 3 nitrogen and oxygen atoms in total. The third kappa shape index (κ3) is 3.98. The van der Waals surface area contributed by atoms with Crippen LogP contribution in [0.4, 0.5) is 0 Å². The Morgan fingerprint density at radius 3 is 2.59 bits per heavy atom. The number of hydrogen-bond donors (Lipinski definition) is 1. The van der Waals surface area contributed by atoms with Gasteiger partial charge in [0.2, 0.25) is 0 Å². The van der Waals surface area contributed by atoms with E-state index in [-0.39, 0.29) is 5.75 Å². The van der Waals surface area contributed by atoms with E-state index in [0.717, 1.165) is 0 Å². The molecular weight excluding hydrogens is 283 g/mol. The molecule has 0 aromatic heterocycles. The summed E-state index contributed by atoms with van der Waals surface area (Å²) in [6, 6.07) is 4.86. The number of benzene rings is 1. The van der Waals surface area contributed by atoms with Crippen LogP contribution in [0.3, 0.4) is 0 Å². The lowest BCUT2D eigenvalue weighted by Gasteiger charge is -2.10. The van der Waals surface area contributed by atoms with Crippen LogP contribution in [0.5, 0.6) is 0 Å². The molecular formula is C11H12Cl2O3S. The first kappa shape index (κ1) is 14.5. The third-order valence-corrected chi connectivity index (χ3v) is 4.63. The average molecular weight is 295 g/mol. The van der Waals surface area contributed by atoms with E-state index in [2.05, 4.69) is 0 Å². The van der Waals surface area contributed by atoms with Crippen molar-refractivity contribution in [1.82, 2.24) is 0 Å². The average Bonchev–Trinajstić information content (AvgIpc) is 2.22. The van der Waals surface area contributed by atoms with Gasteiger partial charge in [-0.05, 0) is 24.1 Å². The van der Waals surface area contributed by atoms with Crippen LogP contribution in [0.2, 0.25) is 10.0 Å². The molecule has 1 N–H and O–H groups in total. The summed E-state index contributed by atoms with van der Waals surface area (Å²) in [4.78, 5) is 10.9. The fourth-order valence-electron chi connectivity index (χ4n) is 1.37. The maximum absolute atomic E-state index is 11.9. The van der Waals surface area contributed by atoms with E-state index in [1.807, 2.05) is 0 Å². The molecule has 0 saturated heterocycles. The summed E-state index contributed by atoms with van der Waals surface area (Å²) in [6.07, 6.45) is 0.327. The molecule has 1 aromatic rings. The van der Waals surface area contributed by atoms with Crippen LogP contribution >= 0.6 is 23.2 Å². The summed E-state index contributed by atoms with van der Waals surface area (Å²) < 4.78 is 11.9. The van der Waals surface area contributed by atoms with Crippen LogP contribution in [0, 0.1) is 0 Å².